The molecule has 1 fully saturated rings. The van der Waals surface area contributed by atoms with Gasteiger partial charge in [-0.1, -0.05) is 25.1 Å². The fourth-order valence-corrected chi connectivity index (χ4v) is 2.24. The molecule has 0 unspecified atom stereocenters. The molecule has 1 aromatic carbocycles. The zero-order chi connectivity index (χ0) is 12.1. The summed E-state index contributed by atoms with van der Waals surface area (Å²) in [7, 11) is 0. The summed E-state index contributed by atoms with van der Waals surface area (Å²) < 4.78 is 0. The number of rotatable bonds is 2. The number of likely N-dealkylation sites (tertiary alicyclic amines) is 1. The molecule has 2 rings (SSSR count). The molecule has 1 saturated heterocycles. The normalized spacial score (nSPS) is 15.7. The number of carbonyl (C=O) groups is 1. The van der Waals surface area contributed by atoms with E-state index in [9.17, 15) is 4.79 Å². The van der Waals surface area contributed by atoms with E-state index in [0.29, 0.717) is 0 Å². The van der Waals surface area contributed by atoms with Gasteiger partial charge in [-0.15, -0.1) is 0 Å². The maximum atomic E-state index is 12.1. The molecule has 0 bridgehead atoms. The topological polar surface area (TPSA) is 32.3 Å². The predicted molar refractivity (Wildman–Crippen MR) is 70.3 cm³/mol. The largest absolute Gasteiger partial charge is 0.325 e. The zero-order valence-electron chi connectivity index (χ0n) is 10.4. The Balaban J connectivity index is 2.01. The molecule has 3 heteroatoms. The Morgan fingerprint density at radius 2 is 1.94 bits per heavy atom. The van der Waals surface area contributed by atoms with Gasteiger partial charge in [-0.2, -0.15) is 0 Å². The summed E-state index contributed by atoms with van der Waals surface area (Å²) in [5.74, 6) is 0. The van der Waals surface area contributed by atoms with E-state index in [2.05, 4.69) is 18.3 Å². The van der Waals surface area contributed by atoms with Crippen molar-refractivity contribution in [1.29, 1.82) is 0 Å². The second kappa shape index (κ2) is 5.71. The number of para-hydroxylation sites is 1. The average Bonchev–Trinajstić information content (AvgIpc) is 2.40. The lowest BCUT2D eigenvalue weighted by Crippen LogP contribution is -2.38. The molecule has 1 aliphatic heterocycles. The molecule has 0 aromatic heterocycles. The minimum Gasteiger partial charge on any atom is -0.325 e. The van der Waals surface area contributed by atoms with Crippen LogP contribution in [0.4, 0.5) is 10.5 Å². The number of anilines is 1. The van der Waals surface area contributed by atoms with Crippen molar-refractivity contribution in [3.05, 3.63) is 29.8 Å². The molecule has 0 radical (unpaired) electrons. The molecule has 3 nitrogen and oxygen atoms in total. The van der Waals surface area contributed by atoms with Crippen molar-refractivity contribution in [3.63, 3.8) is 0 Å². The SMILES string of the molecule is CCc1ccccc1NC(=O)N1CCCCC1. The average molecular weight is 232 g/mol. The van der Waals surface area contributed by atoms with Crippen molar-refractivity contribution in [2.24, 2.45) is 0 Å². The second-order valence-electron chi connectivity index (χ2n) is 4.49. The van der Waals surface area contributed by atoms with Gasteiger partial charge in [0.15, 0.2) is 0 Å². The van der Waals surface area contributed by atoms with Gasteiger partial charge in [0.1, 0.15) is 0 Å². The standard InChI is InChI=1S/C14H20N2O/c1-2-12-8-4-5-9-13(12)15-14(17)16-10-6-3-7-11-16/h4-5,8-9H,2-3,6-7,10-11H2,1H3,(H,15,17). The van der Waals surface area contributed by atoms with Crippen LogP contribution < -0.4 is 5.32 Å². The van der Waals surface area contributed by atoms with Crippen LogP contribution in [0.1, 0.15) is 31.7 Å². The molecule has 92 valence electrons. The highest BCUT2D eigenvalue weighted by Gasteiger charge is 2.16. The lowest BCUT2D eigenvalue weighted by atomic mass is 10.1. The van der Waals surface area contributed by atoms with Crippen molar-refractivity contribution < 1.29 is 4.79 Å². The number of urea groups is 1. The quantitative estimate of drug-likeness (QED) is 0.834. The van der Waals surface area contributed by atoms with Crippen molar-refractivity contribution >= 4 is 11.7 Å². The van der Waals surface area contributed by atoms with Crippen LogP contribution >= 0.6 is 0 Å². The minimum atomic E-state index is 0.0469. The van der Waals surface area contributed by atoms with Crippen LogP contribution in [0.5, 0.6) is 0 Å². The molecular formula is C14H20N2O. The van der Waals surface area contributed by atoms with Gasteiger partial charge in [-0.3, -0.25) is 0 Å². The Bertz CT molecular complexity index is 384. The fourth-order valence-electron chi connectivity index (χ4n) is 2.24. The van der Waals surface area contributed by atoms with Crippen molar-refractivity contribution in [1.82, 2.24) is 4.90 Å². The zero-order valence-corrected chi connectivity index (χ0v) is 10.4. The second-order valence-corrected chi connectivity index (χ2v) is 4.49. The first kappa shape index (κ1) is 12.0. The van der Waals surface area contributed by atoms with Crippen molar-refractivity contribution in [3.8, 4) is 0 Å². The lowest BCUT2D eigenvalue weighted by molar-refractivity contribution is 0.200. The van der Waals surface area contributed by atoms with E-state index < -0.39 is 0 Å². The molecule has 1 aliphatic rings. The smallest absolute Gasteiger partial charge is 0.321 e. The summed E-state index contributed by atoms with van der Waals surface area (Å²) in [5.41, 5.74) is 2.14. The molecule has 0 spiro atoms. The Labute approximate surface area is 103 Å². The number of piperidine rings is 1. The van der Waals surface area contributed by atoms with Crippen LogP contribution in [-0.4, -0.2) is 24.0 Å². The first-order chi connectivity index (χ1) is 8.31. The van der Waals surface area contributed by atoms with Crippen LogP contribution in [0, 0.1) is 0 Å². The molecule has 0 atom stereocenters. The van der Waals surface area contributed by atoms with E-state index in [1.807, 2.05) is 23.1 Å². The predicted octanol–water partition coefficient (Wildman–Crippen LogP) is 3.27. The van der Waals surface area contributed by atoms with E-state index in [1.54, 1.807) is 0 Å². The highest BCUT2D eigenvalue weighted by Crippen LogP contribution is 2.17. The van der Waals surface area contributed by atoms with E-state index >= 15 is 0 Å². The maximum absolute atomic E-state index is 12.1. The highest BCUT2D eigenvalue weighted by atomic mass is 16.2. The number of carbonyl (C=O) groups excluding carboxylic acids is 1. The van der Waals surface area contributed by atoms with E-state index in [-0.39, 0.29) is 6.03 Å². The van der Waals surface area contributed by atoms with Crippen LogP contribution in [-0.2, 0) is 6.42 Å². The van der Waals surface area contributed by atoms with Gasteiger partial charge in [0.05, 0.1) is 0 Å². The first-order valence-electron chi connectivity index (χ1n) is 6.45. The van der Waals surface area contributed by atoms with E-state index in [0.717, 1.165) is 38.0 Å². The Kier molecular flexibility index (Phi) is 4.02. The number of hydrogen-bond donors (Lipinski definition) is 1. The Morgan fingerprint density at radius 3 is 2.65 bits per heavy atom. The number of benzene rings is 1. The molecule has 0 saturated carbocycles. The summed E-state index contributed by atoms with van der Waals surface area (Å²) in [5, 5.41) is 3.02. The van der Waals surface area contributed by atoms with Gasteiger partial charge in [0, 0.05) is 18.8 Å². The first-order valence-corrected chi connectivity index (χ1v) is 6.45. The van der Waals surface area contributed by atoms with Gasteiger partial charge in [0.25, 0.3) is 0 Å². The summed E-state index contributed by atoms with van der Waals surface area (Å²) in [6.45, 7) is 3.88. The number of hydrogen-bond acceptors (Lipinski definition) is 1. The van der Waals surface area contributed by atoms with Gasteiger partial charge >= 0.3 is 6.03 Å². The van der Waals surface area contributed by atoms with Gasteiger partial charge in [-0.05, 0) is 37.3 Å². The highest BCUT2D eigenvalue weighted by molar-refractivity contribution is 5.90. The van der Waals surface area contributed by atoms with E-state index in [1.165, 1.54) is 12.0 Å². The Morgan fingerprint density at radius 1 is 1.24 bits per heavy atom. The van der Waals surface area contributed by atoms with Gasteiger partial charge in [-0.25, -0.2) is 4.79 Å². The monoisotopic (exact) mass is 232 g/mol. The number of nitrogens with zero attached hydrogens (tertiary/aromatic N) is 1. The summed E-state index contributed by atoms with van der Waals surface area (Å²) in [6.07, 6.45) is 4.44. The van der Waals surface area contributed by atoms with Crippen LogP contribution in [0.25, 0.3) is 0 Å². The third-order valence-corrected chi connectivity index (χ3v) is 3.28. The van der Waals surface area contributed by atoms with E-state index in [4.69, 9.17) is 0 Å². The molecular weight excluding hydrogens is 212 g/mol. The van der Waals surface area contributed by atoms with Crippen LogP contribution in [0.3, 0.4) is 0 Å². The number of aryl methyl sites for hydroxylation is 1. The summed E-state index contributed by atoms with van der Waals surface area (Å²) in [4.78, 5) is 14.0. The third-order valence-electron chi connectivity index (χ3n) is 3.28. The fraction of sp³-hybridized carbons (Fsp3) is 0.500. The van der Waals surface area contributed by atoms with Crippen LogP contribution in [0.15, 0.2) is 24.3 Å². The number of nitrogens with one attached hydrogen (secondary N) is 1. The third kappa shape index (κ3) is 2.99. The molecule has 0 aliphatic carbocycles. The van der Waals surface area contributed by atoms with Gasteiger partial charge in [0.2, 0.25) is 0 Å². The van der Waals surface area contributed by atoms with Crippen molar-refractivity contribution in [2.75, 3.05) is 18.4 Å². The number of amides is 2. The molecule has 1 aromatic rings. The van der Waals surface area contributed by atoms with Gasteiger partial charge < -0.3 is 10.2 Å². The lowest BCUT2D eigenvalue weighted by Gasteiger charge is -2.27. The minimum absolute atomic E-state index is 0.0469. The molecule has 17 heavy (non-hydrogen) atoms. The summed E-state index contributed by atoms with van der Waals surface area (Å²) in [6, 6.07) is 8.05. The molecule has 2 amide bonds. The maximum Gasteiger partial charge on any atom is 0.321 e. The van der Waals surface area contributed by atoms with Crippen LogP contribution in [0.2, 0.25) is 0 Å². The molecule has 1 heterocycles. The Hall–Kier alpha value is -1.51. The molecule has 1 N–H and O–H groups in total. The summed E-state index contributed by atoms with van der Waals surface area (Å²) >= 11 is 0. The van der Waals surface area contributed by atoms with Crippen molar-refractivity contribution in [2.45, 2.75) is 32.6 Å².